The molecule has 152 valence electrons. The number of nitrogens with one attached hydrogen (secondary N) is 2. The van der Waals surface area contributed by atoms with Gasteiger partial charge >= 0.3 is 0 Å². The summed E-state index contributed by atoms with van der Waals surface area (Å²) in [7, 11) is -3.66. The van der Waals surface area contributed by atoms with Crippen LogP contribution in [0.25, 0.3) is 0 Å². The number of carbonyl (C=O) groups excluding carboxylic acids is 1. The predicted octanol–water partition coefficient (Wildman–Crippen LogP) is 1.38. The van der Waals surface area contributed by atoms with E-state index in [1.54, 1.807) is 4.90 Å². The zero-order chi connectivity index (χ0) is 20.1. The monoisotopic (exact) mass is 408 g/mol. The van der Waals surface area contributed by atoms with E-state index in [9.17, 15) is 17.6 Å². The van der Waals surface area contributed by atoms with Crippen LogP contribution in [-0.2, 0) is 14.8 Å². The summed E-state index contributed by atoms with van der Waals surface area (Å²) in [5.41, 5.74) is 0. The summed E-state index contributed by atoms with van der Waals surface area (Å²) < 4.78 is 40.1. The molecule has 1 aliphatic carbocycles. The highest BCUT2D eigenvalue weighted by Crippen LogP contribution is 2.25. The van der Waals surface area contributed by atoms with Crippen molar-refractivity contribution >= 4 is 15.9 Å². The van der Waals surface area contributed by atoms with E-state index >= 15 is 0 Å². The minimum atomic E-state index is -3.66. The van der Waals surface area contributed by atoms with Gasteiger partial charge in [0.2, 0.25) is 15.9 Å². The van der Waals surface area contributed by atoms with Gasteiger partial charge in [0.1, 0.15) is 11.9 Å². The Bertz CT molecular complexity index is 838. The number of benzene rings is 1. The Morgan fingerprint density at radius 2 is 2.00 bits per heavy atom. The summed E-state index contributed by atoms with van der Waals surface area (Å²) >= 11 is 0. The van der Waals surface area contributed by atoms with E-state index in [1.165, 1.54) is 12.1 Å². The predicted molar refractivity (Wildman–Crippen MR) is 101 cm³/mol. The summed E-state index contributed by atoms with van der Waals surface area (Å²) in [6.07, 6.45) is 4.12. The third kappa shape index (κ3) is 5.07. The molecule has 1 aromatic carbocycles. The summed E-state index contributed by atoms with van der Waals surface area (Å²) in [5, 5.41) is 12.3. The normalized spacial score (nSPS) is 25.0. The minimum Gasteiger partial charge on any atom is -0.326 e. The van der Waals surface area contributed by atoms with Crippen molar-refractivity contribution < 1.29 is 17.6 Å². The molecular weight excluding hydrogens is 383 g/mol. The van der Waals surface area contributed by atoms with E-state index in [2.05, 4.69) is 16.1 Å². The maximum absolute atomic E-state index is 13.0. The molecular formula is C19H25FN4O3S. The van der Waals surface area contributed by atoms with Gasteiger partial charge in [-0.2, -0.15) is 5.26 Å². The zero-order valence-corrected chi connectivity index (χ0v) is 16.4. The lowest BCUT2D eigenvalue weighted by molar-refractivity contribution is -0.130. The van der Waals surface area contributed by atoms with Crippen molar-refractivity contribution in [3.8, 4) is 6.07 Å². The Morgan fingerprint density at radius 1 is 1.25 bits per heavy atom. The van der Waals surface area contributed by atoms with Crippen molar-refractivity contribution in [3.05, 3.63) is 30.1 Å². The highest BCUT2D eigenvalue weighted by atomic mass is 32.2. The maximum atomic E-state index is 13.0. The number of amides is 1. The maximum Gasteiger partial charge on any atom is 0.240 e. The lowest BCUT2D eigenvalue weighted by Gasteiger charge is -2.21. The van der Waals surface area contributed by atoms with Crippen LogP contribution in [0.2, 0.25) is 0 Å². The Hall–Kier alpha value is -2.02. The van der Waals surface area contributed by atoms with Crippen LogP contribution < -0.4 is 10.0 Å². The van der Waals surface area contributed by atoms with Gasteiger partial charge in [-0.15, -0.1) is 0 Å². The van der Waals surface area contributed by atoms with Crippen LogP contribution in [0, 0.1) is 23.1 Å². The van der Waals surface area contributed by atoms with Crippen molar-refractivity contribution in [2.75, 3.05) is 19.6 Å². The molecule has 3 atom stereocenters. The number of likely N-dealkylation sites (tertiary alicyclic amines) is 1. The molecule has 2 fully saturated rings. The molecule has 1 heterocycles. The van der Waals surface area contributed by atoms with Crippen LogP contribution in [0.4, 0.5) is 4.39 Å². The molecule has 0 bridgehead atoms. The number of nitriles is 1. The first-order chi connectivity index (χ1) is 13.4. The van der Waals surface area contributed by atoms with E-state index < -0.39 is 15.8 Å². The van der Waals surface area contributed by atoms with Crippen molar-refractivity contribution in [2.45, 2.75) is 49.1 Å². The lowest BCUT2D eigenvalue weighted by Crippen LogP contribution is -2.43. The van der Waals surface area contributed by atoms with E-state index in [0.717, 1.165) is 44.2 Å². The van der Waals surface area contributed by atoms with Gasteiger partial charge in [0, 0.05) is 19.1 Å². The molecule has 28 heavy (non-hydrogen) atoms. The van der Waals surface area contributed by atoms with E-state index in [1.807, 2.05) is 0 Å². The van der Waals surface area contributed by atoms with Gasteiger partial charge < -0.3 is 10.2 Å². The van der Waals surface area contributed by atoms with Crippen molar-refractivity contribution in [3.63, 3.8) is 0 Å². The number of halogens is 1. The highest BCUT2D eigenvalue weighted by molar-refractivity contribution is 7.89. The number of carbonyl (C=O) groups is 1. The second-order valence-electron chi connectivity index (χ2n) is 7.44. The van der Waals surface area contributed by atoms with E-state index in [4.69, 9.17) is 5.26 Å². The van der Waals surface area contributed by atoms with Gasteiger partial charge in [-0.05, 0) is 62.3 Å². The topological polar surface area (TPSA) is 102 Å². The van der Waals surface area contributed by atoms with Crippen molar-refractivity contribution in [1.29, 1.82) is 5.26 Å². The lowest BCUT2D eigenvalue weighted by atomic mass is 10.1. The van der Waals surface area contributed by atoms with Crippen LogP contribution in [0.5, 0.6) is 0 Å². The van der Waals surface area contributed by atoms with Crippen molar-refractivity contribution in [1.82, 2.24) is 14.9 Å². The van der Waals surface area contributed by atoms with Crippen LogP contribution in [-0.4, -0.2) is 50.9 Å². The first-order valence-electron chi connectivity index (χ1n) is 9.57. The SMILES string of the molecule is N#C[C@@H]1CCCN1C(=O)CN[C@@H]1CC[C@H](CNS(=O)(=O)c2ccc(F)cc2)C1. The Labute approximate surface area is 165 Å². The fraction of sp³-hybridized carbons (Fsp3) is 0.579. The average molecular weight is 408 g/mol. The van der Waals surface area contributed by atoms with Gasteiger partial charge in [-0.3, -0.25) is 4.79 Å². The van der Waals surface area contributed by atoms with Crippen LogP contribution in [0.3, 0.4) is 0 Å². The molecule has 2 aliphatic rings. The molecule has 2 N–H and O–H groups in total. The van der Waals surface area contributed by atoms with E-state index in [-0.39, 0.29) is 35.3 Å². The van der Waals surface area contributed by atoms with Gasteiger partial charge in [0.05, 0.1) is 17.5 Å². The largest absolute Gasteiger partial charge is 0.326 e. The third-order valence-corrected chi connectivity index (χ3v) is 6.93. The number of rotatable bonds is 7. The fourth-order valence-electron chi connectivity index (χ4n) is 3.90. The molecule has 0 radical (unpaired) electrons. The van der Waals surface area contributed by atoms with Crippen molar-refractivity contribution in [2.24, 2.45) is 5.92 Å². The van der Waals surface area contributed by atoms with E-state index in [0.29, 0.717) is 13.1 Å². The highest BCUT2D eigenvalue weighted by Gasteiger charge is 2.30. The fourth-order valence-corrected chi connectivity index (χ4v) is 5.02. The molecule has 0 aromatic heterocycles. The molecule has 0 spiro atoms. The number of sulfonamides is 1. The first kappa shape index (κ1) is 20.7. The Kier molecular flexibility index (Phi) is 6.65. The smallest absolute Gasteiger partial charge is 0.240 e. The number of hydrogen-bond acceptors (Lipinski definition) is 5. The molecule has 1 aliphatic heterocycles. The first-order valence-corrected chi connectivity index (χ1v) is 11.0. The average Bonchev–Trinajstić information content (AvgIpc) is 3.34. The van der Waals surface area contributed by atoms with Crippen LogP contribution in [0.1, 0.15) is 32.1 Å². The summed E-state index contributed by atoms with van der Waals surface area (Å²) in [6.45, 7) is 1.16. The molecule has 7 nitrogen and oxygen atoms in total. The molecule has 9 heteroatoms. The quantitative estimate of drug-likeness (QED) is 0.710. The molecule has 0 unspecified atom stereocenters. The third-order valence-electron chi connectivity index (χ3n) is 5.49. The van der Waals surface area contributed by atoms with Crippen LogP contribution >= 0.6 is 0 Å². The minimum absolute atomic E-state index is 0.0461. The molecule has 1 amide bonds. The van der Waals surface area contributed by atoms with Gasteiger partial charge in [0.15, 0.2) is 0 Å². The molecule has 1 saturated heterocycles. The second-order valence-corrected chi connectivity index (χ2v) is 9.20. The standard InChI is InChI=1S/C19H25FN4O3S/c20-15-4-7-18(8-5-15)28(26,27)23-12-14-3-6-16(10-14)22-13-19(25)24-9-1-2-17(24)11-21/h4-5,7-8,14,16-17,22-23H,1-3,6,9-10,12-13H2/t14-,16+,17-/m0/s1. The number of hydrogen-bond donors (Lipinski definition) is 2. The molecule has 3 rings (SSSR count). The summed E-state index contributed by atoms with van der Waals surface area (Å²) in [6, 6.07) is 6.75. The number of nitrogens with zero attached hydrogens (tertiary/aromatic N) is 2. The molecule has 1 saturated carbocycles. The Morgan fingerprint density at radius 3 is 2.71 bits per heavy atom. The zero-order valence-electron chi connectivity index (χ0n) is 15.6. The molecule has 1 aromatic rings. The van der Waals surface area contributed by atoms with Crippen LogP contribution in [0.15, 0.2) is 29.2 Å². The van der Waals surface area contributed by atoms with Gasteiger partial charge in [0.25, 0.3) is 0 Å². The Balaban J connectivity index is 1.42. The summed E-state index contributed by atoms with van der Waals surface area (Å²) in [4.78, 5) is 14.0. The van der Waals surface area contributed by atoms with Gasteiger partial charge in [-0.25, -0.2) is 17.5 Å². The second kappa shape index (κ2) is 8.99. The summed E-state index contributed by atoms with van der Waals surface area (Å²) in [5.74, 6) is -0.348. The van der Waals surface area contributed by atoms with Gasteiger partial charge in [-0.1, -0.05) is 0 Å².